The van der Waals surface area contributed by atoms with Crippen molar-refractivity contribution >= 4 is 34.8 Å². The second kappa shape index (κ2) is 6.17. The Morgan fingerprint density at radius 1 is 1.48 bits per heavy atom. The molecule has 7 heteroatoms. The molecule has 1 N–H and O–H groups in total. The number of aromatic nitrogens is 2. The lowest BCUT2D eigenvalue weighted by Crippen LogP contribution is -2.24. The van der Waals surface area contributed by atoms with Gasteiger partial charge < -0.3 is 5.32 Å². The second-order valence-corrected chi connectivity index (χ2v) is 5.36. The summed E-state index contributed by atoms with van der Waals surface area (Å²) in [5.41, 5.74) is 0.926. The Morgan fingerprint density at radius 2 is 2.19 bits per heavy atom. The summed E-state index contributed by atoms with van der Waals surface area (Å²) in [6.45, 7) is 3.18. The minimum atomic E-state index is -0.430. The average Bonchev–Trinajstić information content (AvgIpc) is 2.81. The number of benzene rings is 1. The summed E-state index contributed by atoms with van der Waals surface area (Å²) in [6, 6.07) is 6.59. The van der Waals surface area contributed by atoms with E-state index < -0.39 is 6.04 Å². The van der Waals surface area contributed by atoms with Crippen LogP contribution in [0.4, 0.5) is 5.82 Å². The Labute approximate surface area is 132 Å². The smallest absolute Gasteiger partial charge is 0.167 e. The zero-order valence-electron chi connectivity index (χ0n) is 11.4. The first kappa shape index (κ1) is 15.4. The van der Waals surface area contributed by atoms with Gasteiger partial charge in [0, 0.05) is 5.02 Å². The number of Topliss-reactive ketones (excluding diaryl/α,β-unsaturated/α-hetero) is 1. The molecular formula is C14H12Cl2N4O. The number of nitriles is 1. The van der Waals surface area contributed by atoms with E-state index in [2.05, 4.69) is 10.4 Å². The van der Waals surface area contributed by atoms with E-state index in [1.807, 2.05) is 6.07 Å². The largest absolute Gasteiger partial charge is 0.358 e. The molecule has 1 unspecified atom stereocenters. The highest BCUT2D eigenvalue weighted by Crippen LogP contribution is 2.25. The van der Waals surface area contributed by atoms with E-state index in [1.165, 1.54) is 11.6 Å². The molecule has 1 heterocycles. The van der Waals surface area contributed by atoms with Crippen molar-refractivity contribution in [3.63, 3.8) is 0 Å². The molecule has 2 aromatic rings. The van der Waals surface area contributed by atoms with Crippen molar-refractivity contribution in [1.82, 2.24) is 9.78 Å². The quantitative estimate of drug-likeness (QED) is 0.935. The minimum absolute atomic E-state index is 0.0436. The third-order valence-electron chi connectivity index (χ3n) is 2.95. The Bertz CT molecular complexity index is 733. The SMILES string of the molecule is CC(=O)C(C)Nc1nn(-c2ccc(Cl)cc2Cl)cc1C#N. The normalized spacial score (nSPS) is 11.8. The highest BCUT2D eigenvalue weighted by Gasteiger charge is 2.15. The first-order valence-electron chi connectivity index (χ1n) is 6.14. The van der Waals surface area contributed by atoms with Crippen LogP contribution in [0.1, 0.15) is 19.4 Å². The molecule has 2 rings (SSSR count). The molecule has 0 aliphatic heterocycles. The van der Waals surface area contributed by atoms with Crippen molar-refractivity contribution in [2.75, 3.05) is 5.32 Å². The van der Waals surface area contributed by atoms with E-state index in [4.69, 9.17) is 28.5 Å². The molecule has 0 saturated carbocycles. The maximum atomic E-state index is 11.3. The predicted molar refractivity (Wildman–Crippen MR) is 82.1 cm³/mol. The molecule has 1 aromatic heterocycles. The molecule has 21 heavy (non-hydrogen) atoms. The summed E-state index contributed by atoms with van der Waals surface area (Å²) < 4.78 is 1.48. The fraction of sp³-hybridized carbons (Fsp3) is 0.214. The lowest BCUT2D eigenvalue weighted by molar-refractivity contribution is -0.117. The molecule has 0 spiro atoms. The number of halogens is 2. The van der Waals surface area contributed by atoms with Crippen molar-refractivity contribution in [2.45, 2.75) is 19.9 Å². The Hall–Kier alpha value is -2.03. The topological polar surface area (TPSA) is 70.7 Å². The van der Waals surface area contributed by atoms with Gasteiger partial charge in [-0.05, 0) is 32.0 Å². The third-order valence-corrected chi connectivity index (χ3v) is 3.49. The van der Waals surface area contributed by atoms with Crippen LogP contribution in [0.5, 0.6) is 0 Å². The van der Waals surface area contributed by atoms with Crippen LogP contribution in [0.3, 0.4) is 0 Å². The fourth-order valence-corrected chi connectivity index (χ4v) is 2.15. The van der Waals surface area contributed by atoms with Crippen LogP contribution in [0.15, 0.2) is 24.4 Å². The van der Waals surface area contributed by atoms with Crippen LogP contribution in [-0.2, 0) is 4.79 Å². The van der Waals surface area contributed by atoms with Gasteiger partial charge in [0.1, 0.15) is 11.6 Å². The molecule has 5 nitrogen and oxygen atoms in total. The van der Waals surface area contributed by atoms with Gasteiger partial charge in [0.15, 0.2) is 11.6 Å². The maximum Gasteiger partial charge on any atom is 0.167 e. The van der Waals surface area contributed by atoms with Crippen molar-refractivity contribution in [1.29, 1.82) is 5.26 Å². The Morgan fingerprint density at radius 3 is 2.76 bits per heavy atom. The van der Waals surface area contributed by atoms with Gasteiger partial charge in [-0.15, -0.1) is 5.10 Å². The molecule has 0 saturated heterocycles. The molecular weight excluding hydrogens is 311 g/mol. The summed E-state index contributed by atoms with van der Waals surface area (Å²) >= 11 is 12.0. The lowest BCUT2D eigenvalue weighted by Gasteiger charge is -2.09. The van der Waals surface area contributed by atoms with Crippen molar-refractivity contribution in [3.8, 4) is 11.8 Å². The number of hydrogen-bond donors (Lipinski definition) is 1. The van der Waals surface area contributed by atoms with Gasteiger partial charge >= 0.3 is 0 Å². The number of anilines is 1. The summed E-state index contributed by atoms with van der Waals surface area (Å²) in [5.74, 6) is 0.296. The van der Waals surface area contributed by atoms with Gasteiger partial charge in [-0.2, -0.15) is 5.26 Å². The zero-order valence-corrected chi connectivity index (χ0v) is 12.9. The van der Waals surface area contributed by atoms with Crippen LogP contribution in [0, 0.1) is 11.3 Å². The molecule has 1 aromatic carbocycles. The standard InChI is InChI=1S/C14H12Cl2N4O/c1-8(9(2)21)18-14-10(6-17)7-20(19-14)13-4-3-11(15)5-12(13)16/h3-5,7-8H,1-2H3,(H,18,19). The number of carbonyl (C=O) groups excluding carboxylic acids is 1. The highest BCUT2D eigenvalue weighted by atomic mass is 35.5. The number of carbonyl (C=O) groups is 1. The van der Waals surface area contributed by atoms with E-state index in [1.54, 1.807) is 31.3 Å². The van der Waals surface area contributed by atoms with E-state index in [0.717, 1.165) is 0 Å². The monoisotopic (exact) mass is 322 g/mol. The van der Waals surface area contributed by atoms with E-state index in [0.29, 0.717) is 27.1 Å². The molecule has 1 atom stereocenters. The first-order valence-corrected chi connectivity index (χ1v) is 6.90. The average molecular weight is 323 g/mol. The predicted octanol–water partition coefficient (Wildman–Crippen LogP) is 3.44. The van der Waals surface area contributed by atoms with Crippen LogP contribution >= 0.6 is 23.2 Å². The molecule has 0 fully saturated rings. The van der Waals surface area contributed by atoms with Crippen molar-refractivity contribution in [2.24, 2.45) is 0 Å². The maximum absolute atomic E-state index is 11.3. The van der Waals surface area contributed by atoms with Gasteiger partial charge in [0.2, 0.25) is 0 Å². The summed E-state index contributed by atoms with van der Waals surface area (Å²) in [4.78, 5) is 11.3. The molecule has 0 aliphatic carbocycles. The van der Waals surface area contributed by atoms with Gasteiger partial charge in [0.05, 0.1) is 22.9 Å². The Kier molecular flexibility index (Phi) is 4.51. The number of hydrogen-bond acceptors (Lipinski definition) is 4. The van der Waals surface area contributed by atoms with Crippen molar-refractivity contribution < 1.29 is 4.79 Å². The van der Waals surface area contributed by atoms with E-state index >= 15 is 0 Å². The number of ketones is 1. The number of rotatable bonds is 4. The molecule has 0 bridgehead atoms. The van der Waals surface area contributed by atoms with Crippen LogP contribution in [0.2, 0.25) is 10.0 Å². The fourth-order valence-electron chi connectivity index (χ4n) is 1.66. The van der Waals surface area contributed by atoms with E-state index in [-0.39, 0.29) is 5.78 Å². The van der Waals surface area contributed by atoms with Crippen LogP contribution in [-0.4, -0.2) is 21.6 Å². The highest BCUT2D eigenvalue weighted by molar-refractivity contribution is 6.35. The third kappa shape index (κ3) is 3.35. The van der Waals surface area contributed by atoms with Gasteiger partial charge in [0.25, 0.3) is 0 Å². The van der Waals surface area contributed by atoms with E-state index in [9.17, 15) is 4.79 Å². The first-order chi connectivity index (χ1) is 9.92. The molecule has 0 amide bonds. The minimum Gasteiger partial charge on any atom is -0.358 e. The van der Waals surface area contributed by atoms with Crippen LogP contribution in [0.25, 0.3) is 5.69 Å². The summed E-state index contributed by atoms with van der Waals surface area (Å²) in [7, 11) is 0. The van der Waals surface area contributed by atoms with Gasteiger partial charge in [-0.3, -0.25) is 4.79 Å². The number of nitrogens with one attached hydrogen (secondary N) is 1. The Balaban J connectivity index is 2.41. The molecule has 0 aliphatic rings. The molecule has 0 radical (unpaired) electrons. The summed E-state index contributed by atoms with van der Waals surface area (Å²) in [6.07, 6.45) is 1.55. The van der Waals surface area contributed by atoms with Crippen molar-refractivity contribution in [3.05, 3.63) is 40.0 Å². The lowest BCUT2D eigenvalue weighted by atomic mass is 10.2. The molecule has 108 valence electrons. The van der Waals surface area contributed by atoms with Gasteiger partial charge in [-0.1, -0.05) is 23.2 Å². The zero-order chi connectivity index (χ0) is 15.6. The van der Waals surface area contributed by atoms with Gasteiger partial charge in [-0.25, -0.2) is 4.68 Å². The number of nitrogens with zero attached hydrogens (tertiary/aromatic N) is 3. The second-order valence-electron chi connectivity index (χ2n) is 4.52. The van der Waals surface area contributed by atoms with Crippen LogP contribution < -0.4 is 5.32 Å². The summed E-state index contributed by atoms with van der Waals surface area (Å²) in [5, 5.41) is 17.3.